The van der Waals surface area contributed by atoms with Crippen molar-refractivity contribution in [3.05, 3.63) is 0 Å². The molecule has 7 nitrogen and oxygen atoms in total. The summed E-state index contributed by atoms with van der Waals surface area (Å²) in [6, 6.07) is -1.00. The SMILES string of the molecule is CC(=O)O.CCCCNC(C(=O)O)C(C)C(=O)O. The highest BCUT2D eigenvalue weighted by molar-refractivity contribution is 5.82. The molecule has 0 aliphatic carbocycles. The van der Waals surface area contributed by atoms with Crippen molar-refractivity contribution in [2.45, 2.75) is 39.7 Å². The predicted molar refractivity (Wildman–Crippen MR) is 64.4 cm³/mol. The van der Waals surface area contributed by atoms with Gasteiger partial charge in [0.1, 0.15) is 6.04 Å². The Bertz CT molecular complexity index is 275. The number of carbonyl (C=O) groups is 3. The Morgan fingerprint density at radius 1 is 1.11 bits per heavy atom. The number of unbranched alkanes of at least 4 members (excludes halogenated alkanes) is 1. The monoisotopic (exact) mass is 263 g/mol. The maximum atomic E-state index is 10.7. The molecule has 0 heterocycles. The van der Waals surface area contributed by atoms with Gasteiger partial charge in [-0.05, 0) is 19.9 Å². The van der Waals surface area contributed by atoms with Gasteiger partial charge in [0.05, 0.1) is 5.92 Å². The molecule has 0 bridgehead atoms. The van der Waals surface area contributed by atoms with Gasteiger partial charge in [0.25, 0.3) is 5.97 Å². The van der Waals surface area contributed by atoms with Crippen LogP contribution in [-0.2, 0) is 14.4 Å². The Kier molecular flexibility index (Phi) is 10.9. The lowest BCUT2D eigenvalue weighted by atomic mass is 10.0. The molecule has 0 aromatic rings. The molecule has 0 aliphatic heterocycles. The number of hydrogen-bond donors (Lipinski definition) is 4. The first kappa shape index (κ1) is 18.7. The second-order valence-electron chi connectivity index (χ2n) is 3.77. The van der Waals surface area contributed by atoms with Crippen LogP contribution < -0.4 is 5.32 Å². The number of rotatable bonds is 7. The fourth-order valence-corrected chi connectivity index (χ4v) is 1.05. The Morgan fingerprint density at radius 2 is 1.56 bits per heavy atom. The van der Waals surface area contributed by atoms with Crippen LogP contribution in [0.15, 0.2) is 0 Å². The zero-order chi connectivity index (χ0) is 14.7. The largest absolute Gasteiger partial charge is 0.481 e. The Morgan fingerprint density at radius 3 is 1.83 bits per heavy atom. The third kappa shape index (κ3) is 10.9. The fourth-order valence-electron chi connectivity index (χ4n) is 1.05. The quantitative estimate of drug-likeness (QED) is 0.497. The van der Waals surface area contributed by atoms with Crippen molar-refractivity contribution in [1.29, 1.82) is 0 Å². The lowest BCUT2D eigenvalue weighted by Gasteiger charge is -2.17. The molecular formula is C11H21NO6. The van der Waals surface area contributed by atoms with Crippen molar-refractivity contribution < 1.29 is 29.7 Å². The van der Waals surface area contributed by atoms with Gasteiger partial charge in [-0.15, -0.1) is 0 Å². The second-order valence-corrected chi connectivity index (χ2v) is 3.77. The molecule has 106 valence electrons. The summed E-state index contributed by atoms with van der Waals surface area (Å²) in [6.45, 7) is 4.99. The van der Waals surface area contributed by atoms with Crippen molar-refractivity contribution in [2.75, 3.05) is 6.54 Å². The Hall–Kier alpha value is -1.63. The highest BCUT2D eigenvalue weighted by Gasteiger charge is 2.28. The minimum Gasteiger partial charge on any atom is -0.481 e. The lowest BCUT2D eigenvalue weighted by Crippen LogP contribution is -2.45. The average molecular weight is 263 g/mol. The number of hydrogen-bond acceptors (Lipinski definition) is 4. The van der Waals surface area contributed by atoms with Gasteiger partial charge in [-0.25, -0.2) is 0 Å². The fraction of sp³-hybridized carbons (Fsp3) is 0.727. The first-order valence-corrected chi connectivity index (χ1v) is 5.62. The summed E-state index contributed by atoms with van der Waals surface area (Å²) in [5.41, 5.74) is 0. The third-order valence-corrected chi connectivity index (χ3v) is 2.05. The van der Waals surface area contributed by atoms with Crippen LogP contribution in [-0.4, -0.2) is 45.8 Å². The highest BCUT2D eigenvalue weighted by Crippen LogP contribution is 2.03. The number of nitrogens with one attached hydrogen (secondary N) is 1. The molecule has 0 aromatic heterocycles. The molecule has 0 spiro atoms. The van der Waals surface area contributed by atoms with Gasteiger partial charge in [0.2, 0.25) is 0 Å². The standard InChI is InChI=1S/C9H17NO4.C2H4O2/c1-3-4-5-10-7(9(13)14)6(2)8(11)12;1-2(3)4/h6-7,10H,3-5H2,1-2H3,(H,11,12)(H,13,14);1H3,(H,3,4). The van der Waals surface area contributed by atoms with Gasteiger partial charge in [-0.2, -0.15) is 0 Å². The van der Waals surface area contributed by atoms with E-state index in [0.717, 1.165) is 19.8 Å². The molecule has 0 rings (SSSR count). The van der Waals surface area contributed by atoms with E-state index >= 15 is 0 Å². The van der Waals surface area contributed by atoms with E-state index in [9.17, 15) is 9.59 Å². The van der Waals surface area contributed by atoms with Crippen LogP contribution in [0.1, 0.15) is 33.6 Å². The molecule has 2 unspecified atom stereocenters. The zero-order valence-corrected chi connectivity index (χ0v) is 10.8. The molecule has 7 heteroatoms. The lowest BCUT2D eigenvalue weighted by molar-refractivity contribution is -0.150. The summed E-state index contributed by atoms with van der Waals surface area (Å²) in [7, 11) is 0. The summed E-state index contributed by atoms with van der Waals surface area (Å²) in [4.78, 5) is 30.3. The molecule has 4 N–H and O–H groups in total. The third-order valence-electron chi connectivity index (χ3n) is 2.05. The van der Waals surface area contributed by atoms with Crippen molar-refractivity contribution in [1.82, 2.24) is 5.32 Å². The van der Waals surface area contributed by atoms with Crippen LogP contribution in [0.25, 0.3) is 0 Å². The minimum absolute atomic E-state index is 0.533. The van der Waals surface area contributed by atoms with E-state index in [1.165, 1.54) is 6.92 Å². The van der Waals surface area contributed by atoms with Crippen molar-refractivity contribution in [3.63, 3.8) is 0 Å². The highest BCUT2D eigenvalue weighted by atomic mass is 16.4. The van der Waals surface area contributed by atoms with Crippen LogP contribution in [0.3, 0.4) is 0 Å². The van der Waals surface area contributed by atoms with Crippen LogP contribution in [0.4, 0.5) is 0 Å². The van der Waals surface area contributed by atoms with Crippen molar-refractivity contribution in [3.8, 4) is 0 Å². The van der Waals surface area contributed by atoms with E-state index in [1.54, 1.807) is 0 Å². The first-order chi connectivity index (χ1) is 8.23. The first-order valence-electron chi connectivity index (χ1n) is 5.62. The number of aliphatic carboxylic acids is 3. The van der Waals surface area contributed by atoms with Crippen LogP contribution in [0.5, 0.6) is 0 Å². The molecule has 18 heavy (non-hydrogen) atoms. The smallest absolute Gasteiger partial charge is 0.321 e. The summed E-state index contributed by atoms with van der Waals surface area (Å²) in [6.07, 6.45) is 1.79. The molecule has 2 atom stereocenters. The molecule has 0 aromatic carbocycles. The summed E-state index contributed by atoms with van der Waals surface area (Å²) in [5.74, 6) is -3.96. The normalized spacial score (nSPS) is 12.8. The molecule has 0 fully saturated rings. The Balaban J connectivity index is 0. The van der Waals surface area contributed by atoms with Crippen LogP contribution >= 0.6 is 0 Å². The van der Waals surface area contributed by atoms with E-state index < -0.39 is 29.9 Å². The maximum Gasteiger partial charge on any atom is 0.321 e. The van der Waals surface area contributed by atoms with Crippen LogP contribution in [0.2, 0.25) is 0 Å². The topological polar surface area (TPSA) is 124 Å². The summed E-state index contributed by atoms with van der Waals surface area (Å²) < 4.78 is 0. The van der Waals surface area contributed by atoms with E-state index in [-0.39, 0.29) is 0 Å². The van der Waals surface area contributed by atoms with Crippen molar-refractivity contribution >= 4 is 17.9 Å². The second kappa shape index (κ2) is 10.5. The molecule has 0 radical (unpaired) electrons. The maximum absolute atomic E-state index is 10.7. The zero-order valence-electron chi connectivity index (χ0n) is 10.8. The van der Waals surface area contributed by atoms with Gasteiger partial charge < -0.3 is 20.6 Å². The average Bonchev–Trinajstić information content (AvgIpc) is 2.22. The van der Waals surface area contributed by atoms with Gasteiger partial charge in [-0.1, -0.05) is 13.3 Å². The van der Waals surface area contributed by atoms with E-state index in [1.807, 2.05) is 6.92 Å². The number of carboxylic acids is 3. The molecule has 0 amide bonds. The molecule has 0 saturated heterocycles. The molecular weight excluding hydrogens is 242 g/mol. The van der Waals surface area contributed by atoms with Crippen LogP contribution in [0, 0.1) is 5.92 Å². The molecule has 0 aliphatic rings. The molecule has 0 saturated carbocycles. The van der Waals surface area contributed by atoms with Gasteiger partial charge in [-0.3, -0.25) is 14.4 Å². The van der Waals surface area contributed by atoms with Gasteiger partial charge >= 0.3 is 11.9 Å². The Labute approximate surface area is 106 Å². The predicted octanol–water partition coefficient (Wildman–Crippen LogP) is 0.641. The number of carboxylic acid groups (broad SMARTS) is 3. The van der Waals surface area contributed by atoms with Gasteiger partial charge in [0.15, 0.2) is 0 Å². The summed E-state index contributed by atoms with van der Waals surface area (Å²) >= 11 is 0. The van der Waals surface area contributed by atoms with Gasteiger partial charge in [0, 0.05) is 6.92 Å². The summed E-state index contributed by atoms with van der Waals surface area (Å²) in [5, 5.41) is 27.6. The minimum atomic E-state index is -1.11. The van der Waals surface area contributed by atoms with E-state index in [2.05, 4.69) is 5.32 Å². The van der Waals surface area contributed by atoms with E-state index in [4.69, 9.17) is 20.1 Å². The van der Waals surface area contributed by atoms with Crippen molar-refractivity contribution in [2.24, 2.45) is 5.92 Å². The van der Waals surface area contributed by atoms with E-state index in [0.29, 0.717) is 6.54 Å².